The van der Waals surface area contributed by atoms with Crippen molar-refractivity contribution in [3.63, 3.8) is 0 Å². The molecule has 0 radical (unpaired) electrons. The SMILES string of the molecule is CCCCCCCCC/C=C/C=C/C=C/C=C/C=C(O)/C(O)=C(O)/C(O)=C(\O)C(=O)O. The fourth-order valence-corrected chi connectivity index (χ4v) is 2.39. The van der Waals surface area contributed by atoms with Crippen LogP contribution < -0.4 is 0 Å². The summed E-state index contributed by atoms with van der Waals surface area (Å²) in [5, 5.41) is 55.4. The Kier molecular flexibility index (Phi) is 15.6. The van der Waals surface area contributed by atoms with Gasteiger partial charge in [-0.25, -0.2) is 4.79 Å². The molecule has 0 heterocycles. The summed E-state index contributed by atoms with van der Waals surface area (Å²) in [5.41, 5.74) is 0. The lowest BCUT2D eigenvalue weighted by atomic mass is 10.1. The third kappa shape index (κ3) is 13.5. The van der Waals surface area contributed by atoms with Gasteiger partial charge in [-0.2, -0.15) is 0 Å². The van der Waals surface area contributed by atoms with Gasteiger partial charge < -0.3 is 30.6 Å². The van der Waals surface area contributed by atoms with Crippen LogP contribution in [-0.2, 0) is 4.79 Å². The minimum absolute atomic E-state index is 0.837. The Morgan fingerprint density at radius 2 is 1.06 bits per heavy atom. The number of aliphatic carboxylic acids is 1. The van der Waals surface area contributed by atoms with E-state index in [1.807, 2.05) is 18.2 Å². The van der Waals surface area contributed by atoms with E-state index in [1.54, 1.807) is 12.2 Å². The first-order valence-corrected chi connectivity index (χ1v) is 10.4. The summed E-state index contributed by atoms with van der Waals surface area (Å²) in [5.74, 6) is -8.35. The normalized spacial score (nSPS) is 14.7. The van der Waals surface area contributed by atoms with Crippen LogP contribution >= 0.6 is 0 Å². The Morgan fingerprint density at radius 1 is 0.581 bits per heavy atom. The number of unbranched alkanes of at least 4 members (excludes halogenated alkanes) is 7. The van der Waals surface area contributed by atoms with Gasteiger partial charge in [-0.05, 0) is 18.9 Å². The van der Waals surface area contributed by atoms with Crippen molar-refractivity contribution in [3.05, 3.63) is 83.5 Å². The molecule has 7 nitrogen and oxygen atoms in total. The van der Waals surface area contributed by atoms with E-state index < -0.39 is 34.8 Å². The van der Waals surface area contributed by atoms with Gasteiger partial charge in [0.05, 0.1) is 0 Å². The van der Waals surface area contributed by atoms with Crippen molar-refractivity contribution in [2.45, 2.75) is 58.3 Å². The number of carboxylic acid groups (broad SMARTS) is 1. The van der Waals surface area contributed by atoms with Crippen molar-refractivity contribution in [2.24, 2.45) is 0 Å². The van der Waals surface area contributed by atoms with Crippen molar-refractivity contribution in [2.75, 3.05) is 0 Å². The van der Waals surface area contributed by atoms with Crippen LogP contribution in [0.2, 0.25) is 0 Å². The van der Waals surface area contributed by atoms with Crippen LogP contribution in [-0.4, -0.2) is 36.6 Å². The van der Waals surface area contributed by atoms with Gasteiger partial charge in [-0.3, -0.25) is 0 Å². The predicted octanol–water partition coefficient (Wildman–Crippen LogP) is 6.53. The van der Waals surface area contributed by atoms with Crippen LogP contribution in [0, 0.1) is 0 Å². The Hall–Kier alpha value is -3.35. The van der Waals surface area contributed by atoms with Gasteiger partial charge in [-0.15, -0.1) is 0 Å². The highest BCUT2D eigenvalue weighted by atomic mass is 16.4. The van der Waals surface area contributed by atoms with E-state index in [4.69, 9.17) is 10.2 Å². The lowest BCUT2D eigenvalue weighted by molar-refractivity contribution is -0.135. The van der Waals surface area contributed by atoms with E-state index in [0.29, 0.717) is 0 Å². The van der Waals surface area contributed by atoms with Crippen molar-refractivity contribution in [1.29, 1.82) is 0 Å². The quantitative estimate of drug-likeness (QED) is 0.0745. The number of rotatable bonds is 15. The van der Waals surface area contributed by atoms with Gasteiger partial charge in [0.2, 0.25) is 23.0 Å². The van der Waals surface area contributed by atoms with E-state index in [0.717, 1.165) is 12.5 Å². The predicted molar refractivity (Wildman–Crippen MR) is 122 cm³/mol. The molecule has 0 aliphatic carbocycles. The molecule has 0 rings (SSSR count). The fourth-order valence-electron chi connectivity index (χ4n) is 2.39. The first kappa shape index (κ1) is 27.6. The minimum Gasteiger partial charge on any atom is -0.504 e. The van der Waals surface area contributed by atoms with Gasteiger partial charge in [0.15, 0.2) is 5.76 Å². The molecule has 172 valence electrons. The molecule has 0 aromatic carbocycles. The molecular formula is C24H34O7. The number of hydrogen-bond donors (Lipinski definition) is 6. The highest BCUT2D eigenvalue weighted by Crippen LogP contribution is 2.16. The first-order valence-electron chi connectivity index (χ1n) is 10.4. The Bertz CT molecular complexity index is 750. The average molecular weight is 435 g/mol. The van der Waals surface area contributed by atoms with E-state index in [1.165, 1.54) is 57.1 Å². The largest absolute Gasteiger partial charge is 0.504 e. The number of aliphatic hydroxyl groups excluding tert-OH is 5. The average Bonchev–Trinajstić information content (AvgIpc) is 2.76. The molecule has 0 fully saturated rings. The molecule has 0 bridgehead atoms. The van der Waals surface area contributed by atoms with Crippen molar-refractivity contribution in [3.8, 4) is 0 Å². The van der Waals surface area contributed by atoms with Crippen LogP contribution in [0.5, 0.6) is 0 Å². The molecule has 0 saturated heterocycles. The van der Waals surface area contributed by atoms with Crippen LogP contribution in [0.1, 0.15) is 58.3 Å². The fraction of sp³-hybridized carbons (Fsp3) is 0.375. The number of carboxylic acids is 1. The molecule has 7 heteroatoms. The summed E-state index contributed by atoms with van der Waals surface area (Å²) < 4.78 is 0. The summed E-state index contributed by atoms with van der Waals surface area (Å²) in [6.07, 6.45) is 25.2. The molecule has 31 heavy (non-hydrogen) atoms. The second kappa shape index (κ2) is 17.5. The second-order valence-corrected chi connectivity index (χ2v) is 6.74. The molecule has 0 aromatic heterocycles. The molecule has 0 amide bonds. The van der Waals surface area contributed by atoms with Crippen molar-refractivity contribution >= 4 is 5.97 Å². The lowest BCUT2D eigenvalue weighted by Gasteiger charge is -2.04. The lowest BCUT2D eigenvalue weighted by Crippen LogP contribution is -2.07. The van der Waals surface area contributed by atoms with E-state index in [-0.39, 0.29) is 0 Å². The Labute approximate surface area is 183 Å². The summed E-state index contributed by atoms with van der Waals surface area (Å²) in [6, 6.07) is 0. The van der Waals surface area contributed by atoms with E-state index in [9.17, 15) is 25.2 Å². The second-order valence-electron chi connectivity index (χ2n) is 6.74. The van der Waals surface area contributed by atoms with Crippen molar-refractivity contribution < 1.29 is 35.4 Å². The Balaban J connectivity index is 4.36. The van der Waals surface area contributed by atoms with Gasteiger partial charge in [0.1, 0.15) is 0 Å². The smallest absolute Gasteiger partial charge is 0.375 e. The zero-order valence-corrected chi connectivity index (χ0v) is 17.9. The maximum atomic E-state index is 10.5. The van der Waals surface area contributed by atoms with Crippen LogP contribution in [0.3, 0.4) is 0 Å². The summed E-state index contributed by atoms with van der Waals surface area (Å²) >= 11 is 0. The van der Waals surface area contributed by atoms with Gasteiger partial charge >= 0.3 is 5.97 Å². The molecule has 0 aliphatic rings. The van der Waals surface area contributed by atoms with Gasteiger partial charge in [0, 0.05) is 0 Å². The van der Waals surface area contributed by atoms with E-state index in [2.05, 4.69) is 13.0 Å². The monoisotopic (exact) mass is 434 g/mol. The van der Waals surface area contributed by atoms with Gasteiger partial charge in [-0.1, -0.05) is 94.1 Å². The molecule has 0 aliphatic heterocycles. The highest BCUT2D eigenvalue weighted by molar-refractivity contribution is 5.85. The molecule has 0 unspecified atom stereocenters. The molecule has 0 saturated carbocycles. The topological polar surface area (TPSA) is 138 Å². The van der Waals surface area contributed by atoms with Crippen LogP contribution in [0.15, 0.2) is 83.5 Å². The minimum atomic E-state index is -1.91. The molecule has 0 aromatic rings. The zero-order chi connectivity index (χ0) is 23.5. The van der Waals surface area contributed by atoms with E-state index >= 15 is 0 Å². The zero-order valence-electron chi connectivity index (χ0n) is 17.9. The van der Waals surface area contributed by atoms with Gasteiger partial charge in [0.25, 0.3) is 0 Å². The summed E-state index contributed by atoms with van der Waals surface area (Å²) in [7, 11) is 0. The number of allylic oxidation sites excluding steroid dienone is 9. The maximum absolute atomic E-state index is 10.5. The maximum Gasteiger partial charge on any atom is 0.375 e. The third-order valence-corrected chi connectivity index (χ3v) is 4.15. The summed E-state index contributed by atoms with van der Waals surface area (Å²) in [6.45, 7) is 2.22. The standard InChI is InChI=1S/C24H34O7/c1-2-3-4-5-6-7-8-9-10-11-12-13-14-15-16-17-18-19(25)20(26)21(27)22(28)23(29)24(30)31/h10-18,25-29H,2-9H2,1H3,(H,30,31)/b11-10+,13-12+,15-14+,17-16+,19-18-,21-20+,23-22+. The summed E-state index contributed by atoms with van der Waals surface area (Å²) in [4.78, 5) is 10.5. The van der Waals surface area contributed by atoms with Crippen LogP contribution in [0.4, 0.5) is 0 Å². The number of hydrogen-bond acceptors (Lipinski definition) is 6. The molecule has 6 N–H and O–H groups in total. The highest BCUT2D eigenvalue weighted by Gasteiger charge is 2.20. The third-order valence-electron chi connectivity index (χ3n) is 4.15. The molecule has 0 spiro atoms. The van der Waals surface area contributed by atoms with Crippen LogP contribution in [0.25, 0.3) is 0 Å². The Morgan fingerprint density at radius 3 is 1.65 bits per heavy atom. The molecular weight excluding hydrogens is 400 g/mol. The van der Waals surface area contributed by atoms with Crippen molar-refractivity contribution in [1.82, 2.24) is 0 Å². The number of aliphatic hydroxyl groups is 5. The first-order chi connectivity index (χ1) is 14.8. The number of carbonyl (C=O) groups is 1. The molecule has 0 atom stereocenters.